The molecule has 0 aromatic heterocycles. The van der Waals surface area contributed by atoms with Gasteiger partial charge in [-0.05, 0) is 31.4 Å². The number of carbonyl (C=O) groups is 1. The van der Waals surface area contributed by atoms with E-state index in [1.54, 1.807) is 12.1 Å². The Morgan fingerprint density at radius 3 is 2.61 bits per heavy atom. The van der Waals surface area contributed by atoms with Crippen molar-refractivity contribution in [3.63, 3.8) is 0 Å². The summed E-state index contributed by atoms with van der Waals surface area (Å²) < 4.78 is 0. The number of piperidine rings is 1. The molecule has 4 N–H and O–H groups in total. The number of rotatable bonds is 2. The van der Waals surface area contributed by atoms with Crippen molar-refractivity contribution in [1.29, 1.82) is 0 Å². The Balaban J connectivity index is 2.30. The Labute approximate surface area is 111 Å². The second-order valence-electron chi connectivity index (χ2n) is 4.37. The minimum absolute atomic E-state index is 0.336. The summed E-state index contributed by atoms with van der Waals surface area (Å²) in [5, 5.41) is 11.6. The highest BCUT2D eigenvalue weighted by molar-refractivity contribution is 6.33. The molecule has 1 fully saturated rings. The molecule has 0 spiro atoms. The maximum Gasteiger partial charge on any atom is 0.409 e. The largest absolute Gasteiger partial charge is 0.465 e. The number of anilines is 3. The van der Waals surface area contributed by atoms with Crippen molar-refractivity contribution in [1.82, 2.24) is 0 Å². The van der Waals surface area contributed by atoms with Gasteiger partial charge in [0.15, 0.2) is 0 Å². The molecule has 2 rings (SSSR count). The highest BCUT2D eigenvalue weighted by Crippen LogP contribution is 2.34. The van der Waals surface area contributed by atoms with E-state index in [1.807, 2.05) is 0 Å². The third-order valence-electron chi connectivity index (χ3n) is 3.06. The molecule has 1 saturated heterocycles. The third kappa shape index (κ3) is 2.79. The Morgan fingerprint density at radius 1 is 1.33 bits per heavy atom. The van der Waals surface area contributed by atoms with Gasteiger partial charge in [-0.2, -0.15) is 0 Å². The number of hydrogen-bond acceptors (Lipinski definition) is 3. The van der Waals surface area contributed by atoms with Gasteiger partial charge in [0, 0.05) is 13.1 Å². The van der Waals surface area contributed by atoms with Gasteiger partial charge < -0.3 is 15.7 Å². The van der Waals surface area contributed by atoms with Crippen LogP contribution in [-0.4, -0.2) is 24.3 Å². The highest BCUT2D eigenvalue weighted by Gasteiger charge is 2.16. The maximum absolute atomic E-state index is 10.7. The number of carboxylic acid groups (broad SMARTS) is 1. The minimum atomic E-state index is -1.13. The van der Waals surface area contributed by atoms with Crippen LogP contribution in [-0.2, 0) is 0 Å². The fourth-order valence-corrected chi connectivity index (χ4v) is 2.47. The van der Waals surface area contributed by atoms with E-state index in [0.717, 1.165) is 31.6 Å². The molecule has 1 heterocycles. The number of halogens is 1. The van der Waals surface area contributed by atoms with Gasteiger partial charge in [0.1, 0.15) is 0 Å². The number of benzene rings is 1. The zero-order chi connectivity index (χ0) is 13.1. The van der Waals surface area contributed by atoms with Gasteiger partial charge in [-0.15, -0.1) is 0 Å². The number of hydrogen-bond donors (Lipinski definition) is 3. The molecule has 1 aliphatic heterocycles. The van der Waals surface area contributed by atoms with Crippen LogP contribution in [0.15, 0.2) is 12.1 Å². The molecule has 1 aromatic carbocycles. The van der Waals surface area contributed by atoms with Crippen LogP contribution in [0.5, 0.6) is 0 Å². The van der Waals surface area contributed by atoms with Crippen LogP contribution in [0.3, 0.4) is 0 Å². The van der Waals surface area contributed by atoms with Crippen LogP contribution in [0.4, 0.5) is 21.9 Å². The monoisotopic (exact) mass is 269 g/mol. The van der Waals surface area contributed by atoms with Crippen LogP contribution < -0.4 is 16.0 Å². The average molecular weight is 270 g/mol. The minimum Gasteiger partial charge on any atom is -0.465 e. The van der Waals surface area contributed by atoms with Crippen LogP contribution in [0, 0.1) is 0 Å². The summed E-state index contributed by atoms with van der Waals surface area (Å²) in [5.74, 6) is 0. The van der Waals surface area contributed by atoms with Crippen molar-refractivity contribution in [2.75, 3.05) is 29.0 Å². The van der Waals surface area contributed by atoms with Gasteiger partial charge in [0.25, 0.3) is 0 Å². The molecule has 18 heavy (non-hydrogen) atoms. The van der Waals surface area contributed by atoms with Crippen molar-refractivity contribution >= 4 is 34.8 Å². The molecular weight excluding hydrogens is 254 g/mol. The van der Waals surface area contributed by atoms with E-state index < -0.39 is 6.09 Å². The third-order valence-corrected chi connectivity index (χ3v) is 3.36. The van der Waals surface area contributed by atoms with Crippen LogP contribution in [0.1, 0.15) is 19.3 Å². The van der Waals surface area contributed by atoms with E-state index in [4.69, 9.17) is 22.4 Å². The van der Waals surface area contributed by atoms with E-state index in [-0.39, 0.29) is 0 Å². The molecule has 1 aromatic rings. The Morgan fingerprint density at radius 2 is 2.00 bits per heavy atom. The molecule has 0 unspecified atom stereocenters. The number of amides is 1. The molecule has 1 amide bonds. The topological polar surface area (TPSA) is 78.6 Å². The van der Waals surface area contributed by atoms with Gasteiger partial charge >= 0.3 is 6.09 Å². The zero-order valence-electron chi connectivity index (χ0n) is 9.95. The first-order valence-corrected chi connectivity index (χ1v) is 6.29. The molecule has 5 nitrogen and oxygen atoms in total. The highest BCUT2D eigenvalue weighted by atomic mass is 35.5. The first-order chi connectivity index (χ1) is 8.58. The Bertz CT molecular complexity index is 459. The molecule has 0 atom stereocenters. The van der Waals surface area contributed by atoms with E-state index in [0.29, 0.717) is 16.4 Å². The van der Waals surface area contributed by atoms with Gasteiger partial charge in [-0.1, -0.05) is 11.6 Å². The molecule has 6 heteroatoms. The van der Waals surface area contributed by atoms with Gasteiger partial charge in [0.05, 0.1) is 22.1 Å². The predicted octanol–water partition coefficient (Wildman–Crippen LogP) is 3.00. The van der Waals surface area contributed by atoms with Crippen molar-refractivity contribution < 1.29 is 9.90 Å². The summed E-state index contributed by atoms with van der Waals surface area (Å²) in [6.07, 6.45) is 2.35. The van der Waals surface area contributed by atoms with Gasteiger partial charge in [0.2, 0.25) is 0 Å². The van der Waals surface area contributed by atoms with E-state index >= 15 is 0 Å². The lowest BCUT2D eigenvalue weighted by Gasteiger charge is -2.30. The molecule has 1 aliphatic rings. The summed E-state index contributed by atoms with van der Waals surface area (Å²) in [5.41, 5.74) is 7.30. The summed E-state index contributed by atoms with van der Waals surface area (Å²) in [6, 6.07) is 3.30. The fourth-order valence-electron chi connectivity index (χ4n) is 2.18. The van der Waals surface area contributed by atoms with Crippen molar-refractivity contribution in [2.24, 2.45) is 0 Å². The quantitative estimate of drug-likeness (QED) is 0.721. The lowest BCUT2D eigenvalue weighted by molar-refractivity contribution is 0.210. The number of nitrogens with one attached hydrogen (secondary N) is 1. The van der Waals surface area contributed by atoms with Crippen LogP contribution in [0.2, 0.25) is 5.02 Å². The van der Waals surface area contributed by atoms with E-state index in [9.17, 15) is 4.79 Å². The summed E-state index contributed by atoms with van der Waals surface area (Å²) in [7, 11) is 0. The number of nitrogens with two attached hydrogens (primary N) is 1. The second-order valence-corrected chi connectivity index (χ2v) is 4.78. The SMILES string of the molecule is Nc1cc(Cl)c(N2CCCCC2)cc1NC(=O)O. The second kappa shape index (κ2) is 5.35. The van der Waals surface area contributed by atoms with Crippen molar-refractivity contribution in [2.45, 2.75) is 19.3 Å². The molecule has 0 aliphatic carbocycles. The summed E-state index contributed by atoms with van der Waals surface area (Å²) in [4.78, 5) is 12.8. The number of nitrogen functional groups attached to an aromatic ring is 1. The normalized spacial score (nSPS) is 15.5. The number of nitrogens with zero attached hydrogens (tertiary/aromatic N) is 1. The summed E-state index contributed by atoms with van der Waals surface area (Å²) in [6.45, 7) is 1.88. The van der Waals surface area contributed by atoms with Gasteiger partial charge in [-0.3, -0.25) is 5.32 Å². The average Bonchev–Trinajstić information content (AvgIpc) is 2.33. The lowest BCUT2D eigenvalue weighted by Crippen LogP contribution is -2.29. The lowest BCUT2D eigenvalue weighted by atomic mass is 10.1. The molecule has 0 bridgehead atoms. The smallest absolute Gasteiger partial charge is 0.409 e. The first kappa shape index (κ1) is 12.8. The Kier molecular flexibility index (Phi) is 3.81. The van der Waals surface area contributed by atoms with Gasteiger partial charge in [-0.25, -0.2) is 4.79 Å². The standard InChI is InChI=1S/C12H16ClN3O2/c13-8-6-9(14)10(15-12(17)18)7-11(8)16-4-2-1-3-5-16/h6-7,15H,1-5,14H2,(H,17,18). The fraction of sp³-hybridized carbons (Fsp3) is 0.417. The van der Waals surface area contributed by atoms with Crippen molar-refractivity contribution in [3.8, 4) is 0 Å². The summed E-state index contributed by atoms with van der Waals surface area (Å²) >= 11 is 6.17. The van der Waals surface area contributed by atoms with Crippen molar-refractivity contribution in [3.05, 3.63) is 17.2 Å². The Hall–Kier alpha value is -1.62. The zero-order valence-corrected chi connectivity index (χ0v) is 10.7. The molecule has 0 saturated carbocycles. The molecular formula is C12H16ClN3O2. The maximum atomic E-state index is 10.7. The molecule has 0 radical (unpaired) electrons. The van der Waals surface area contributed by atoms with Crippen LogP contribution in [0.25, 0.3) is 0 Å². The first-order valence-electron chi connectivity index (χ1n) is 5.92. The predicted molar refractivity (Wildman–Crippen MR) is 73.6 cm³/mol. The van der Waals surface area contributed by atoms with E-state index in [2.05, 4.69) is 10.2 Å². The molecule has 98 valence electrons. The van der Waals surface area contributed by atoms with Crippen LogP contribution >= 0.6 is 11.6 Å². The van der Waals surface area contributed by atoms with E-state index in [1.165, 1.54) is 6.42 Å².